The molecule has 1 aliphatic rings. The molecule has 1 aliphatic heterocycles. The Kier molecular flexibility index (Phi) is 6.86. The van der Waals surface area contributed by atoms with E-state index < -0.39 is 6.04 Å². The van der Waals surface area contributed by atoms with E-state index in [0.29, 0.717) is 36.6 Å². The number of nitrogens with two attached hydrogens (primary N) is 1. The van der Waals surface area contributed by atoms with Crippen molar-refractivity contribution in [2.24, 2.45) is 5.73 Å². The van der Waals surface area contributed by atoms with Crippen molar-refractivity contribution < 1.29 is 9.59 Å². The summed E-state index contributed by atoms with van der Waals surface area (Å²) in [7, 11) is 0. The highest BCUT2D eigenvalue weighted by atomic mass is 35.5. The highest BCUT2D eigenvalue weighted by Gasteiger charge is 2.34. The van der Waals surface area contributed by atoms with Crippen molar-refractivity contribution in [3.8, 4) is 0 Å². The van der Waals surface area contributed by atoms with Gasteiger partial charge in [0, 0.05) is 13.0 Å². The molecule has 1 heterocycles. The first-order chi connectivity index (χ1) is 11.1. The zero-order chi connectivity index (χ0) is 16.7. The van der Waals surface area contributed by atoms with Crippen LogP contribution in [0, 0.1) is 0 Å². The Labute approximate surface area is 142 Å². The number of anilines is 1. The van der Waals surface area contributed by atoms with Crippen molar-refractivity contribution in [3.05, 3.63) is 29.3 Å². The molecular formula is C17H24ClN3O2. The van der Waals surface area contributed by atoms with Gasteiger partial charge in [-0.1, -0.05) is 36.6 Å². The highest BCUT2D eigenvalue weighted by molar-refractivity contribution is 6.34. The fourth-order valence-corrected chi connectivity index (χ4v) is 3.01. The summed E-state index contributed by atoms with van der Waals surface area (Å²) in [5.41, 5.74) is 6.14. The monoisotopic (exact) mass is 337 g/mol. The maximum atomic E-state index is 12.4. The van der Waals surface area contributed by atoms with Crippen LogP contribution in [0.5, 0.6) is 0 Å². The van der Waals surface area contributed by atoms with E-state index in [9.17, 15) is 9.59 Å². The topological polar surface area (TPSA) is 75.4 Å². The van der Waals surface area contributed by atoms with Gasteiger partial charge >= 0.3 is 0 Å². The van der Waals surface area contributed by atoms with Crippen LogP contribution in [-0.2, 0) is 9.59 Å². The van der Waals surface area contributed by atoms with E-state index in [2.05, 4.69) is 5.32 Å². The maximum absolute atomic E-state index is 12.4. The summed E-state index contributed by atoms with van der Waals surface area (Å²) in [5.74, 6) is -0.147. The number of benzene rings is 1. The predicted octanol–water partition coefficient (Wildman–Crippen LogP) is 2.47. The van der Waals surface area contributed by atoms with Crippen molar-refractivity contribution in [1.82, 2.24) is 5.32 Å². The first-order valence-corrected chi connectivity index (χ1v) is 8.56. The van der Waals surface area contributed by atoms with Gasteiger partial charge < -0.3 is 16.0 Å². The summed E-state index contributed by atoms with van der Waals surface area (Å²) in [6.45, 7) is 1.27. The Balaban J connectivity index is 1.80. The second-order valence-electron chi connectivity index (χ2n) is 5.80. The highest BCUT2D eigenvalue weighted by Crippen LogP contribution is 2.28. The van der Waals surface area contributed by atoms with Crippen molar-refractivity contribution in [2.75, 3.05) is 18.0 Å². The lowest BCUT2D eigenvalue weighted by molar-refractivity contribution is -0.126. The lowest BCUT2D eigenvalue weighted by Gasteiger charge is -2.18. The van der Waals surface area contributed by atoms with Crippen LogP contribution in [0.2, 0.25) is 5.02 Å². The quantitative estimate of drug-likeness (QED) is 0.715. The number of nitrogens with one attached hydrogen (secondary N) is 1. The lowest BCUT2D eigenvalue weighted by Crippen LogP contribution is -2.41. The molecule has 1 fully saturated rings. The molecule has 126 valence electrons. The normalized spacial score (nSPS) is 17.6. The van der Waals surface area contributed by atoms with E-state index in [0.717, 1.165) is 25.7 Å². The third-order valence-electron chi connectivity index (χ3n) is 4.04. The predicted molar refractivity (Wildman–Crippen MR) is 92.5 cm³/mol. The van der Waals surface area contributed by atoms with E-state index in [1.54, 1.807) is 11.0 Å². The minimum Gasteiger partial charge on any atom is -0.344 e. The Morgan fingerprint density at radius 2 is 2.00 bits per heavy atom. The fourth-order valence-electron chi connectivity index (χ4n) is 2.77. The van der Waals surface area contributed by atoms with Crippen LogP contribution >= 0.6 is 11.6 Å². The van der Waals surface area contributed by atoms with Gasteiger partial charge in [0.15, 0.2) is 0 Å². The molecule has 0 aliphatic carbocycles. The average Bonchev–Trinajstić information content (AvgIpc) is 2.89. The van der Waals surface area contributed by atoms with Crippen LogP contribution in [0.4, 0.5) is 5.69 Å². The zero-order valence-electron chi connectivity index (χ0n) is 13.3. The first kappa shape index (κ1) is 17.8. The number of carbonyl (C=O) groups excluding carboxylic acids is 2. The zero-order valence-corrected chi connectivity index (χ0v) is 14.0. The van der Waals surface area contributed by atoms with Gasteiger partial charge in [-0.2, -0.15) is 0 Å². The van der Waals surface area contributed by atoms with E-state index in [-0.39, 0.29) is 11.8 Å². The first-order valence-electron chi connectivity index (χ1n) is 8.19. The van der Waals surface area contributed by atoms with Gasteiger partial charge in [-0.3, -0.25) is 9.59 Å². The summed E-state index contributed by atoms with van der Waals surface area (Å²) in [6.07, 6.45) is 4.95. The van der Waals surface area contributed by atoms with Crippen LogP contribution in [-0.4, -0.2) is 30.9 Å². The molecule has 1 unspecified atom stereocenters. The number of hydrogen-bond donors (Lipinski definition) is 2. The van der Waals surface area contributed by atoms with Crippen LogP contribution in [0.15, 0.2) is 24.3 Å². The molecule has 0 saturated carbocycles. The van der Waals surface area contributed by atoms with Gasteiger partial charge in [0.25, 0.3) is 0 Å². The molecule has 2 rings (SSSR count). The maximum Gasteiger partial charge on any atom is 0.249 e. The largest absolute Gasteiger partial charge is 0.344 e. The number of nitrogens with zero attached hydrogens (tertiary/aromatic N) is 1. The van der Waals surface area contributed by atoms with Gasteiger partial charge in [-0.05, 0) is 37.9 Å². The van der Waals surface area contributed by atoms with Crippen molar-refractivity contribution in [3.63, 3.8) is 0 Å². The number of carbonyl (C=O) groups is 2. The molecule has 0 spiro atoms. The number of halogens is 1. The molecule has 23 heavy (non-hydrogen) atoms. The van der Waals surface area contributed by atoms with E-state index in [1.807, 2.05) is 18.2 Å². The van der Waals surface area contributed by atoms with E-state index in [4.69, 9.17) is 17.3 Å². The number of rotatable bonds is 8. The average molecular weight is 338 g/mol. The van der Waals surface area contributed by atoms with E-state index >= 15 is 0 Å². The van der Waals surface area contributed by atoms with Crippen LogP contribution in [0.1, 0.15) is 38.5 Å². The molecule has 1 aromatic rings. The van der Waals surface area contributed by atoms with Gasteiger partial charge in [-0.15, -0.1) is 0 Å². The Bertz CT molecular complexity index is 550. The fraction of sp³-hybridized carbons (Fsp3) is 0.529. The molecule has 6 heteroatoms. The molecule has 2 amide bonds. The van der Waals surface area contributed by atoms with Crippen molar-refractivity contribution in [1.29, 1.82) is 0 Å². The second kappa shape index (κ2) is 8.89. The minimum absolute atomic E-state index is 0.0582. The summed E-state index contributed by atoms with van der Waals surface area (Å²) in [4.78, 5) is 26.0. The minimum atomic E-state index is -0.442. The number of amides is 2. The summed E-state index contributed by atoms with van der Waals surface area (Å²) in [6, 6.07) is 6.82. The second-order valence-corrected chi connectivity index (χ2v) is 6.21. The lowest BCUT2D eigenvalue weighted by atomic mass is 10.1. The smallest absolute Gasteiger partial charge is 0.249 e. The molecule has 1 aromatic carbocycles. The molecule has 1 atom stereocenters. The van der Waals surface area contributed by atoms with Gasteiger partial charge in [0.2, 0.25) is 11.8 Å². The summed E-state index contributed by atoms with van der Waals surface area (Å²) < 4.78 is 0. The van der Waals surface area contributed by atoms with Crippen LogP contribution in [0.25, 0.3) is 0 Å². The van der Waals surface area contributed by atoms with Gasteiger partial charge in [0.1, 0.15) is 6.04 Å². The molecule has 0 bridgehead atoms. The third-order valence-corrected chi connectivity index (χ3v) is 4.36. The Hall–Kier alpha value is -1.59. The molecule has 0 radical (unpaired) electrons. The number of para-hydroxylation sites is 1. The number of hydrogen-bond acceptors (Lipinski definition) is 3. The van der Waals surface area contributed by atoms with Gasteiger partial charge in [0.05, 0.1) is 10.7 Å². The third kappa shape index (κ3) is 4.94. The SMILES string of the molecule is NCCCCCCC(=O)NC1CCN(c2ccccc2Cl)C1=O. The molecule has 1 saturated heterocycles. The Morgan fingerprint density at radius 1 is 1.26 bits per heavy atom. The van der Waals surface area contributed by atoms with Crippen molar-refractivity contribution >= 4 is 29.1 Å². The van der Waals surface area contributed by atoms with Crippen LogP contribution < -0.4 is 16.0 Å². The standard InChI is InChI=1S/C17H24ClN3O2/c18-13-7-4-5-8-15(13)21-12-10-14(17(21)23)20-16(22)9-3-1-2-6-11-19/h4-5,7-8,14H,1-3,6,9-12,19H2,(H,20,22). The Morgan fingerprint density at radius 3 is 2.74 bits per heavy atom. The molecule has 0 aromatic heterocycles. The summed E-state index contributed by atoms with van der Waals surface area (Å²) in [5, 5.41) is 3.39. The van der Waals surface area contributed by atoms with Gasteiger partial charge in [-0.25, -0.2) is 0 Å². The number of unbranched alkanes of at least 4 members (excludes halogenated alkanes) is 3. The summed E-state index contributed by atoms with van der Waals surface area (Å²) >= 11 is 6.14. The molecule has 3 N–H and O–H groups in total. The van der Waals surface area contributed by atoms with E-state index in [1.165, 1.54) is 0 Å². The van der Waals surface area contributed by atoms with Crippen LogP contribution in [0.3, 0.4) is 0 Å². The van der Waals surface area contributed by atoms with Crippen molar-refractivity contribution in [2.45, 2.75) is 44.6 Å². The molecule has 5 nitrogen and oxygen atoms in total. The molecular weight excluding hydrogens is 314 g/mol.